The Morgan fingerprint density at radius 2 is 1.07 bits per heavy atom. The van der Waals surface area contributed by atoms with E-state index in [0.29, 0.717) is 0 Å². The topological polar surface area (TPSA) is 8.17 Å². The molecule has 13 rings (SSSR count). The van der Waals surface area contributed by atoms with Crippen LogP contribution in [0.1, 0.15) is 49.9 Å². The summed E-state index contributed by atoms with van der Waals surface area (Å²) >= 11 is 0. The standard InChI is InChI=1S/C58H42N2/c1-57(2)46-21-9-7-18-41(46)45-34-40(28-30-47(45)57)59(39-17-11-16-37(33-39)38-27-26-35-14-5-6-15-36(35)32-38)51-24-13-25-52-54(51)44-29-31-49-55-53-43(20-12-22-48(53)58(49,3)4)42-19-8-10-23-50(42)60(52)56(44)55/h5-34H,1-4H3. The Morgan fingerprint density at radius 1 is 0.417 bits per heavy atom. The van der Waals surface area contributed by atoms with Crippen LogP contribution in [0.3, 0.4) is 0 Å². The molecule has 0 fully saturated rings. The Hall–Kier alpha value is -7.16. The van der Waals surface area contributed by atoms with E-state index in [1.807, 2.05) is 0 Å². The molecular weight excluding hydrogens is 725 g/mol. The molecule has 0 N–H and O–H groups in total. The number of aromatic nitrogens is 1. The highest BCUT2D eigenvalue weighted by molar-refractivity contribution is 6.22. The minimum atomic E-state index is -0.116. The van der Waals surface area contributed by atoms with Crippen molar-refractivity contribution >= 4 is 49.6 Å². The summed E-state index contributed by atoms with van der Waals surface area (Å²) in [4.78, 5) is 2.53. The van der Waals surface area contributed by atoms with E-state index in [2.05, 4.69) is 219 Å². The highest BCUT2D eigenvalue weighted by Gasteiger charge is 2.41. The number of benzene rings is 9. The summed E-state index contributed by atoms with van der Waals surface area (Å²) in [6.07, 6.45) is 0. The number of fused-ring (bicyclic) bond motifs is 10. The largest absolute Gasteiger partial charge is 0.310 e. The average molecular weight is 767 g/mol. The van der Waals surface area contributed by atoms with Crippen molar-refractivity contribution in [3.63, 3.8) is 0 Å². The third kappa shape index (κ3) is 4.33. The molecule has 2 heterocycles. The molecule has 0 radical (unpaired) electrons. The van der Waals surface area contributed by atoms with E-state index in [9.17, 15) is 0 Å². The molecule has 9 aromatic carbocycles. The van der Waals surface area contributed by atoms with Gasteiger partial charge in [-0.1, -0.05) is 161 Å². The Bertz CT molecular complexity index is 3500. The number of para-hydroxylation sites is 1. The van der Waals surface area contributed by atoms with E-state index < -0.39 is 0 Å². The summed E-state index contributed by atoms with van der Waals surface area (Å²) in [5.41, 5.74) is 23.0. The third-order valence-electron chi connectivity index (χ3n) is 14.3. The second kappa shape index (κ2) is 11.7. The van der Waals surface area contributed by atoms with Gasteiger partial charge >= 0.3 is 0 Å². The van der Waals surface area contributed by atoms with Crippen LogP contribution in [0.5, 0.6) is 0 Å². The fourth-order valence-electron chi connectivity index (χ4n) is 11.4. The van der Waals surface area contributed by atoms with E-state index in [-0.39, 0.29) is 10.8 Å². The average Bonchev–Trinajstić information content (AvgIpc) is 3.79. The Balaban J connectivity index is 1.12. The van der Waals surface area contributed by atoms with Crippen molar-refractivity contribution < 1.29 is 0 Å². The maximum Gasteiger partial charge on any atom is 0.0623 e. The zero-order chi connectivity index (χ0) is 40.1. The van der Waals surface area contributed by atoms with Gasteiger partial charge in [-0.25, -0.2) is 0 Å². The fraction of sp³-hybridized carbons (Fsp3) is 0.103. The van der Waals surface area contributed by atoms with Gasteiger partial charge in [0.15, 0.2) is 0 Å². The van der Waals surface area contributed by atoms with Crippen LogP contribution in [0.2, 0.25) is 0 Å². The summed E-state index contributed by atoms with van der Waals surface area (Å²) in [5, 5.41) is 5.03. The van der Waals surface area contributed by atoms with Crippen molar-refractivity contribution in [1.29, 1.82) is 0 Å². The van der Waals surface area contributed by atoms with E-state index >= 15 is 0 Å². The van der Waals surface area contributed by atoms with Crippen molar-refractivity contribution in [2.75, 3.05) is 4.90 Å². The van der Waals surface area contributed by atoms with Gasteiger partial charge in [0.1, 0.15) is 0 Å². The van der Waals surface area contributed by atoms with Gasteiger partial charge in [0, 0.05) is 44.1 Å². The van der Waals surface area contributed by atoms with Gasteiger partial charge in [0.2, 0.25) is 0 Å². The predicted molar refractivity (Wildman–Crippen MR) is 253 cm³/mol. The fourth-order valence-corrected chi connectivity index (χ4v) is 11.4. The quantitative estimate of drug-likeness (QED) is 0.173. The smallest absolute Gasteiger partial charge is 0.0623 e. The summed E-state index contributed by atoms with van der Waals surface area (Å²) in [5.74, 6) is 0. The van der Waals surface area contributed by atoms with Gasteiger partial charge in [0.05, 0.1) is 22.4 Å². The molecule has 2 aliphatic carbocycles. The maximum absolute atomic E-state index is 2.58. The second-order valence-corrected chi connectivity index (χ2v) is 18.1. The second-order valence-electron chi connectivity index (χ2n) is 18.1. The van der Waals surface area contributed by atoms with E-state index in [1.54, 1.807) is 0 Å². The molecule has 0 bridgehead atoms. The molecule has 60 heavy (non-hydrogen) atoms. The lowest BCUT2D eigenvalue weighted by Gasteiger charge is -2.28. The zero-order valence-electron chi connectivity index (χ0n) is 34.2. The monoisotopic (exact) mass is 766 g/mol. The van der Waals surface area contributed by atoms with Crippen LogP contribution in [-0.4, -0.2) is 4.57 Å². The van der Waals surface area contributed by atoms with Crippen molar-refractivity contribution in [2.45, 2.75) is 38.5 Å². The molecule has 0 unspecified atom stereocenters. The van der Waals surface area contributed by atoms with Gasteiger partial charge in [-0.15, -0.1) is 0 Å². The molecule has 2 heteroatoms. The normalized spacial score (nSPS) is 14.6. The van der Waals surface area contributed by atoms with Gasteiger partial charge in [0.25, 0.3) is 0 Å². The number of nitrogens with zero attached hydrogens (tertiary/aromatic N) is 2. The Morgan fingerprint density at radius 3 is 1.97 bits per heavy atom. The molecule has 0 saturated carbocycles. The van der Waals surface area contributed by atoms with Gasteiger partial charge in [-0.05, 0) is 115 Å². The molecule has 0 amide bonds. The number of hydrogen-bond acceptors (Lipinski definition) is 1. The molecule has 10 aromatic rings. The first-order chi connectivity index (χ1) is 29.3. The lowest BCUT2D eigenvalue weighted by molar-refractivity contribution is 0.660. The Labute approximate surface area is 350 Å². The van der Waals surface area contributed by atoms with Crippen molar-refractivity contribution in [3.05, 3.63) is 204 Å². The van der Waals surface area contributed by atoms with Crippen LogP contribution in [0.25, 0.3) is 82.8 Å². The number of rotatable bonds is 4. The summed E-state index contributed by atoms with van der Waals surface area (Å²) in [6.45, 7) is 9.53. The zero-order valence-corrected chi connectivity index (χ0v) is 34.2. The first-order valence-electron chi connectivity index (χ1n) is 21.3. The van der Waals surface area contributed by atoms with Crippen LogP contribution in [0.15, 0.2) is 182 Å². The van der Waals surface area contributed by atoms with Gasteiger partial charge in [-0.2, -0.15) is 0 Å². The lowest BCUT2D eigenvalue weighted by atomic mass is 9.81. The van der Waals surface area contributed by atoms with Crippen molar-refractivity contribution in [3.8, 4) is 50.2 Å². The molecule has 0 saturated heterocycles. The minimum absolute atomic E-state index is 0.0802. The van der Waals surface area contributed by atoms with Crippen LogP contribution >= 0.6 is 0 Å². The molecule has 1 aromatic heterocycles. The number of anilines is 3. The molecule has 2 nitrogen and oxygen atoms in total. The van der Waals surface area contributed by atoms with E-state index in [1.165, 1.54) is 111 Å². The molecular formula is C58H42N2. The molecule has 3 aliphatic rings. The maximum atomic E-state index is 2.58. The van der Waals surface area contributed by atoms with Gasteiger partial charge < -0.3 is 9.47 Å². The van der Waals surface area contributed by atoms with Gasteiger partial charge in [-0.3, -0.25) is 0 Å². The SMILES string of the molecule is CC1(C)c2ccccc2-c2cc(N(c3cccc(-c4ccc5ccccc5c4)c3)c3cccc4c3c3ccc5c6c3n4-c3ccccc3-c3cccc(c3-6)C5(C)C)ccc21. The van der Waals surface area contributed by atoms with Crippen molar-refractivity contribution in [2.24, 2.45) is 0 Å². The van der Waals surface area contributed by atoms with Crippen LogP contribution in [0.4, 0.5) is 17.1 Å². The van der Waals surface area contributed by atoms with Crippen LogP contribution < -0.4 is 4.90 Å². The molecule has 284 valence electrons. The highest BCUT2D eigenvalue weighted by Crippen LogP contribution is 2.59. The first kappa shape index (κ1) is 33.8. The van der Waals surface area contributed by atoms with Crippen molar-refractivity contribution in [1.82, 2.24) is 4.57 Å². The summed E-state index contributed by atoms with van der Waals surface area (Å²) in [6, 6.07) is 68.5. The van der Waals surface area contributed by atoms with Crippen LogP contribution in [-0.2, 0) is 10.8 Å². The summed E-state index contributed by atoms with van der Waals surface area (Å²) in [7, 11) is 0. The van der Waals surface area contributed by atoms with E-state index in [4.69, 9.17) is 0 Å². The molecule has 0 atom stereocenters. The van der Waals surface area contributed by atoms with Crippen LogP contribution in [0, 0.1) is 0 Å². The minimum Gasteiger partial charge on any atom is -0.310 e. The highest BCUT2D eigenvalue weighted by atomic mass is 15.1. The molecule has 0 spiro atoms. The number of hydrogen-bond donors (Lipinski definition) is 0. The third-order valence-corrected chi connectivity index (χ3v) is 14.3. The van der Waals surface area contributed by atoms with E-state index in [0.717, 1.165) is 11.4 Å². The molecule has 1 aliphatic heterocycles. The predicted octanol–water partition coefficient (Wildman–Crippen LogP) is 15.7. The lowest BCUT2D eigenvalue weighted by Crippen LogP contribution is -2.15. The summed E-state index contributed by atoms with van der Waals surface area (Å²) < 4.78 is 2.58. The first-order valence-corrected chi connectivity index (χ1v) is 21.3. The Kier molecular flexibility index (Phi) is 6.61.